The lowest BCUT2D eigenvalue weighted by Gasteiger charge is -2.13. The Kier molecular flexibility index (Phi) is 4.71. The van der Waals surface area contributed by atoms with Crippen molar-refractivity contribution in [2.45, 2.75) is 32.7 Å². The van der Waals surface area contributed by atoms with Crippen LogP contribution in [0.15, 0.2) is 24.3 Å². The zero-order valence-corrected chi connectivity index (χ0v) is 10.9. The minimum atomic E-state index is -0.715. The molecule has 1 aromatic carbocycles. The van der Waals surface area contributed by atoms with Crippen LogP contribution in [0, 0.1) is 0 Å². The van der Waals surface area contributed by atoms with Gasteiger partial charge in [-0.25, -0.2) is 4.79 Å². The Morgan fingerprint density at radius 3 is 2.11 bits per heavy atom. The number of carbonyl (C=O) groups is 2. The lowest BCUT2D eigenvalue weighted by atomic mass is 10.0. The standard InChI is InChI=1S/C13H19N3O2/c1-8(2)10-4-6-11(7-5-10)16-12(17)9(3)15-13(14)18/h4-9H,1-3H3,(H,16,17)(H3,14,15,18). The van der Waals surface area contributed by atoms with Crippen molar-refractivity contribution >= 4 is 17.6 Å². The number of nitrogens with two attached hydrogens (primary N) is 1. The molecule has 5 heteroatoms. The van der Waals surface area contributed by atoms with Crippen molar-refractivity contribution < 1.29 is 9.59 Å². The number of primary amides is 1. The van der Waals surface area contributed by atoms with Gasteiger partial charge in [0.1, 0.15) is 6.04 Å². The maximum Gasteiger partial charge on any atom is 0.312 e. The molecular formula is C13H19N3O2. The second kappa shape index (κ2) is 6.05. The number of carbonyl (C=O) groups excluding carboxylic acids is 2. The molecule has 1 aromatic rings. The van der Waals surface area contributed by atoms with Crippen LogP contribution >= 0.6 is 0 Å². The zero-order chi connectivity index (χ0) is 13.7. The van der Waals surface area contributed by atoms with E-state index in [0.29, 0.717) is 11.6 Å². The number of urea groups is 1. The summed E-state index contributed by atoms with van der Waals surface area (Å²) < 4.78 is 0. The Balaban J connectivity index is 2.62. The molecule has 0 aromatic heterocycles. The van der Waals surface area contributed by atoms with Gasteiger partial charge in [-0.15, -0.1) is 0 Å². The molecule has 0 saturated heterocycles. The molecular weight excluding hydrogens is 230 g/mol. The summed E-state index contributed by atoms with van der Waals surface area (Å²) in [6.07, 6.45) is 0. The predicted octanol–water partition coefficient (Wildman–Crippen LogP) is 1.81. The van der Waals surface area contributed by atoms with Gasteiger partial charge in [-0.2, -0.15) is 0 Å². The van der Waals surface area contributed by atoms with Crippen LogP contribution in [0.2, 0.25) is 0 Å². The third-order valence-corrected chi connectivity index (χ3v) is 2.60. The molecule has 18 heavy (non-hydrogen) atoms. The van der Waals surface area contributed by atoms with Crippen molar-refractivity contribution in [2.75, 3.05) is 5.32 Å². The molecule has 0 bridgehead atoms. The molecule has 0 aliphatic heterocycles. The van der Waals surface area contributed by atoms with Gasteiger partial charge in [0, 0.05) is 5.69 Å². The monoisotopic (exact) mass is 249 g/mol. The van der Waals surface area contributed by atoms with E-state index in [-0.39, 0.29) is 5.91 Å². The maximum atomic E-state index is 11.7. The lowest BCUT2D eigenvalue weighted by Crippen LogP contribution is -2.44. The van der Waals surface area contributed by atoms with Crippen LogP contribution in [0.4, 0.5) is 10.5 Å². The Bertz CT molecular complexity index is 426. The molecule has 0 heterocycles. The highest BCUT2D eigenvalue weighted by Crippen LogP contribution is 2.17. The quantitative estimate of drug-likeness (QED) is 0.760. The summed E-state index contributed by atoms with van der Waals surface area (Å²) in [6.45, 7) is 5.78. The summed E-state index contributed by atoms with van der Waals surface area (Å²) in [4.78, 5) is 22.3. The minimum absolute atomic E-state index is 0.300. The molecule has 4 N–H and O–H groups in total. The van der Waals surface area contributed by atoms with Crippen LogP contribution in [0.5, 0.6) is 0 Å². The second-order valence-corrected chi connectivity index (χ2v) is 4.50. The highest BCUT2D eigenvalue weighted by molar-refractivity contribution is 5.96. The highest BCUT2D eigenvalue weighted by atomic mass is 16.2. The van der Waals surface area contributed by atoms with Crippen LogP contribution in [0.3, 0.4) is 0 Å². The number of benzene rings is 1. The van der Waals surface area contributed by atoms with Crippen LogP contribution in [-0.4, -0.2) is 18.0 Å². The average molecular weight is 249 g/mol. The lowest BCUT2D eigenvalue weighted by molar-refractivity contribution is -0.117. The van der Waals surface area contributed by atoms with E-state index in [1.165, 1.54) is 5.56 Å². The summed E-state index contributed by atoms with van der Waals surface area (Å²) in [6, 6.07) is 6.23. The van der Waals surface area contributed by atoms with Gasteiger partial charge in [0.2, 0.25) is 5.91 Å². The first-order valence-electron chi connectivity index (χ1n) is 5.87. The molecule has 1 rings (SSSR count). The summed E-state index contributed by atoms with van der Waals surface area (Å²) in [5.74, 6) is 0.149. The first kappa shape index (κ1) is 14.0. The maximum absolute atomic E-state index is 11.7. The van der Waals surface area contributed by atoms with Crippen molar-refractivity contribution in [3.05, 3.63) is 29.8 Å². The van der Waals surface area contributed by atoms with Crippen molar-refractivity contribution in [3.8, 4) is 0 Å². The smallest absolute Gasteiger partial charge is 0.312 e. The highest BCUT2D eigenvalue weighted by Gasteiger charge is 2.13. The van der Waals surface area contributed by atoms with Crippen LogP contribution in [0.1, 0.15) is 32.3 Å². The number of rotatable bonds is 4. The third kappa shape index (κ3) is 4.08. The normalized spacial score (nSPS) is 12.0. The zero-order valence-electron chi connectivity index (χ0n) is 10.9. The van der Waals surface area contributed by atoms with E-state index in [1.54, 1.807) is 6.92 Å². The van der Waals surface area contributed by atoms with Gasteiger partial charge in [0.05, 0.1) is 0 Å². The van der Waals surface area contributed by atoms with Crippen LogP contribution < -0.4 is 16.4 Å². The van der Waals surface area contributed by atoms with Crippen LogP contribution in [0.25, 0.3) is 0 Å². The van der Waals surface area contributed by atoms with Gasteiger partial charge in [-0.3, -0.25) is 4.79 Å². The Hall–Kier alpha value is -2.04. The van der Waals surface area contributed by atoms with Crippen molar-refractivity contribution in [2.24, 2.45) is 5.73 Å². The van der Waals surface area contributed by atoms with Crippen LogP contribution in [-0.2, 0) is 4.79 Å². The van der Waals surface area contributed by atoms with Gasteiger partial charge in [-0.1, -0.05) is 26.0 Å². The summed E-state index contributed by atoms with van der Waals surface area (Å²) in [5, 5.41) is 5.02. The van der Waals surface area contributed by atoms with E-state index in [0.717, 1.165) is 0 Å². The Labute approximate surface area is 107 Å². The summed E-state index contributed by atoms with van der Waals surface area (Å²) >= 11 is 0. The van der Waals surface area contributed by atoms with E-state index in [1.807, 2.05) is 24.3 Å². The SMILES string of the molecule is CC(NC(N)=O)C(=O)Nc1ccc(C(C)C)cc1. The molecule has 3 amide bonds. The Morgan fingerprint density at radius 1 is 1.11 bits per heavy atom. The molecule has 0 saturated carbocycles. The average Bonchev–Trinajstić information content (AvgIpc) is 2.28. The molecule has 98 valence electrons. The molecule has 0 aliphatic carbocycles. The van der Waals surface area contributed by atoms with E-state index < -0.39 is 12.1 Å². The molecule has 1 atom stereocenters. The van der Waals surface area contributed by atoms with Crippen molar-refractivity contribution in [3.63, 3.8) is 0 Å². The largest absolute Gasteiger partial charge is 0.352 e. The molecule has 1 unspecified atom stereocenters. The summed E-state index contributed by atoms with van der Waals surface area (Å²) in [7, 11) is 0. The fourth-order valence-corrected chi connectivity index (χ4v) is 1.48. The van der Waals surface area contributed by atoms with Gasteiger partial charge < -0.3 is 16.4 Å². The van der Waals surface area contributed by atoms with Crippen molar-refractivity contribution in [1.29, 1.82) is 0 Å². The second-order valence-electron chi connectivity index (χ2n) is 4.50. The summed E-state index contributed by atoms with van der Waals surface area (Å²) in [5.41, 5.74) is 6.85. The number of anilines is 1. The van der Waals surface area contributed by atoms with Gasteiger partial charge in [0.25, 0.3) is 0 Å². The number of hydrogen-bond acceptors (Lipinski definition) is 2. The molecule has 0 radical (unpaired) electrons. The van der Waals surface area contributed by atoms with Gasteiger partial charge >= 0.3 is 6.03 Å². The third-order valence-electron chi connectivity index (χ3n) is 2.60. The molecule has 5 nitrogen and oxygen atoms in total. The number of amides is 3. The van der Waals surface area contributed by atoms with Gasteiger partial charge in [-0.05, 0) is 30.5 Å². The predicted molar refractivity (Wildman–Crippen MR) is 71.3 cm³/mol. The fourth-order valence-electron chi connectivity index (χ4n) is 1.48. The molecule has 0 spiro atoms. The first-order chi connectivity index (χ1) is 8.40. The fraction of sp³-hybridized carbons (Fsp3) is 0.385. The topological polar surface area (TPSA) is 84.2 Å². The minimum Gasteiger partial charge on any atom is -0.352 e. The van der Waals surface area contributed by atoms with E-state index >= 15 is 0 Å². The van der Waals surface area contributed by atoms with E-state index in [2.05, 4.69) is 24.5 Å². The van der Waals surface area contributed by atoms with E-state index in [9.17, 15) is 9.59 Å². The Morgan fingerprint density at radius 2 is 1.67 bits per heavy atom. The van der Waals surface area contributed by atoms with E-state index in [4.69, 9.17) is 5.73 Å². The molecule has 0 aliphatic rings. The number of hydrogen-bond donors (Lipinski definition) is 3. The molecule has 0 fully saturated rings. The first-order valence-corrected chi connectivity index (χ1v) is 5.87. The van der Waals surface area contributed by atoms with Gasteiger partial charge in [0.15, 0.2) is 0 Å². The van der Waals surface area contributed by atoms with Crippen molar-refractivity contribution in [1.82, 2.24) is 5.32 Å². The number of nitrogens with one attached hydrogen (secondary N) is 2.